The van der Waals surface area contributed by atoms with Crippen LogP contribution in [0.4, 0.5) is 11.4 Å². The summed E-state index contributed by atoms with van der Waals surface area (Å²) in [5, 5.41) is 24.3. The molecule has 1 fully saturated rings. The number of carbonyl (C=O) groups excluding carboxylic acids is 1. The standard InChI is InChI=1S/C21H30N4O5/c1-2-30-20-12-17(22)18(25(28)29)11-16(20)21(27)23-15-7-9-24(10-8-15)13-14-5-3-4-6-19(14)26/h3,5,11-12,14-15,19,26H,2,4,6-10,13,22H2,1H3,(H,23,27). The maximum absolute atomic E-state index is 12.8. The van der Waals surface area contributed by atoms with E-state index in [1.165, 1.54) is 12.1 Å². The fraction of sp³-hybridized carbons (Fsp3) is 0.571. The number of aliphatic hydroxyl groups is 1. The molecule has 2 atom stereocenters. The van der Waals surface area contributed by atoms with Crippen molar-refractivity contribution in [1.29, 1.82) is 0 Å². The van der Waals surface area contributed by atoms with E-state index in [2.05, 4.69) is 22.4 Å². The fourth-order valence-corrected chi connectivity index (χ4v) is 4.08. The average Bonchev–Trinajstić information content (AvgIpc) is 2.71. The summed E-state index contributed by atoms with van der Waals surface area (Å²) in [6, 6.07) is 2.50. The Balaban J connectivity index is 1.60. The molecule has 1 aromatic carbocycles. The highest BCUT2D eigenvalue weighted by molar-refractivity contribution is 5.98. The molecule has 30 heavy (non-hydrogen) atoms. The van der Waals surface area contributed by atoms with Crippen molar-refractivity contribution in [3.8, 4) is 5.75 Å². The summed E-state index contributed by atoms with van der Waals surface area (Å²) < 4.78 is 5.47. The fourth-order valence-electron chi connectivity index (χ4n) is 4.08. The number of likely N-dealkylation sites (tertiary alicyclic amines) is 1. The van der Waals surface area contributed by atoms with Gasteiger partial charge in [0.15, 0.2) is 0 Å². The third-order valence-corrected chi connectivity index (χ3v) is 5.77. The first-order valence-electron chi connectivity index (χ1n) is 10.5. The molecule has 4 N–H and O–H groups in total. The number of ether oxygens (including phenoxy) is 1. The average molecular weight is 418 g/mol. The maximum Gasteiger partial charge on any atom is 0.293 e. The molecule has 1 aliphatic carbocycles. The monoisotopic (exact) mass is 418 g/mol. The van der Waals surface area contributed by atoms with E-state index in [-0.39, 0.29) is 40.8 Å². The van der Waals surface area contributed by atoms with Gasteiger partial charge in [0.05, 0.1) is 23.2 Å². The van der Waals surface area contributed by atoms with Crippen molar-refractivity contribution >= 4 is 17.3 Å². The molecule has 9 nitrogen and oxygen atoms in total. The Morgan fingerprint density at radius 2 is 2.10 bits per heavy atom. The number of benzene rings is 1. The largest absolute Gasteiger partial charge is 0.493 e. The molecule has 3 rings (SSSR count). The van der Waals surface area contributed by atoms with E-state index in [1.54, 1.807) is 6.92 Å². The minimum absolute atomic E-state index is 0.0216. The number of carbonyl (C=O) groups is 1. The van der Waals surface area contributed by atoms with Gasteiger partial charge in [-0.15, -0.1) is 0 Å². The van der Waals surface area contributed by atoms with Crippen LogP contribution in [-0.4, -0.2) is 59.2 Å². The van der Waals surface area contributed by atoms with Gasteiger partial charge in [-0.25, -0.2) is 0 Å². The minimum atomic E-state index is -0.603. The molecule has 1 aliphatic heterocycles. The Morgan fingerprint density at radius 3 is 2.73 bits per heavy atom. The second-order valence-electron chi connectivity index (χ2n) is 7.88. The topological polar surface area (TPSA) is 131 Å². The third kappa shape index (κ3) is 5.28. The summed E-state index contributed by atoms with van der Waals surface area (Å²) in [6.45, 7) is 4.55. The van der Waals surface area contributed by atoms with Gasteiger partial charge in [0.1, 0.15) is 11.4 Å². The summed E-state index contributed by atoms with van der Waals surface area (Å²) in [4.78, 5) is 25.7. The van der Waals surface area contributed by atoms with E-state index in [1.807, 2.05) is 0 Å². The Kier molecular flexibility index (Phi) is 7.28. The Labute approximate surface area is 176 Å². The van der Waals surface area contributed by atoms with Gasteiger partial charge in [-0.2, -0.15) is 0 Å². The van der Waals surface area contributed by atoms with Crippen LogP contribution < -0.4 is 15.8 Å². The highest BCUT2D eigenvalue weighted by atomic mass is 16.6. The SMILES string of the molecule is CCOc1cc(N)c([N+](=O)[O-])cc1C(=O)NC1CCN(CC2C=CCCC2O)CC1. The van der Waals surface area contributed by atoms with Gasteiger partial charge in [0.25, 0.3) is 11.6 Å². The lowest BCUT2D eigenvalue weighted by Crippen LogP contribution is -2.46. The van der Waals surface area contributed by atoms with Gasteiger partial charge in [-0.05, 0) is 32.6 Å². The molecule has 2 aliphatic rings. The van der Waals surface area contributed by atoms with E-state index in [4.69, 9.17) is 10.5 Å². The number of hydrogen-bond donors (Lipinski definition) is 3. The van der Waals surface area contributed by atoms with Crippen LogP contribution >= 0.6 is 0 Å². The number of anilines is 1. The number of nitrogens with zero attached hydrogens (tertiary/aromatic N) is 2. The van der Waals surface area contributed by atoms with Gasteiger partial charge in [0.2, 0.25) is 0 Å². The van der Waals surface area contributed by atoms with Gasteiger partial charge in [-0.3, -0.25) is 14.9 Å². The third-order valence-electron chi connectivity index (χ3n) is 5.77. The zero-order valence-corrected chi connectivity index (χ0v) is 17.3. The lowest BCUT2D eigenvalue weighted by Gasteiger charge is -2.35. The first-order chi connectivity index (χ1) is 14.4. The second-order valence-corrected chi connectivity index (χ2v) is 7.88. The molecule has 0 spiro atoms. The van der Waals surface area contributed by atoms with Crippen LogP contribution in [0.25, 0.3) is 0 Å². The van der Waals surface area contributed by atoms with Gasteiger partial charge < -0.3 is 25.8 Å². The lowest BCUT2D eigenvalue weighted by atomic mass is 9.91. The van der Waals surface area contributed by atoms with Crippen LogP contribution in [0, 0.1) is 16.0 Å². The molecular formula is C21H30N4O5. The van der Waals surface area contributed by atoms with Crippen molar-refractivity contribution in [2.45, 2.75) is 44.8 Å². The number of nitrogens with two attached hydrogens (primary N) is 1. The second kappa shape index (κ2) is 9.90. The number of nitrogen functional groups attached to an aromatic ring is 1. The number of hydrogen-bond acceptors (Lipinski definition) is 7. The molecular weight excluding hydrogens is 388 g/mol. The highest BCUT2D eigenvalue weighted by Crippen LogP contribution is 2.31. The van der Waals surface area contributed by atoms with E-state index < -0.39 is 10.8 Å². The van der Waals surface area contributed by atoms with Crippen LogP contribution in [0.1, 0.15) is 43.0 Å². The summed E-state index contributed by atoms with van der Waals surface area (Å²) in [7, 11) is 0. The first-order valence-corrected chi connectivity index (χ1v) is 10.5. The molecule has 1 amide bonds. The number of aliphatic hydroxyl groups excluding tert-OH is 1. The smallest absolute Gasteiger partial charge is 0.293 e. The van der Waals surface area contributed by atoms with E-state index in [0.29, 0.717) is 6.61 Å². The number of nitrogens with one attached hydrogen (secondary N) is 1. The molecule has 1 heterocycles. The van der Waals surface area contributed by atoms with Crippen LogP contribution in [-0.2, 0) is 0 Å². The zero-order valence-electron chi connectivity index (χ0n) is 17.3. The van der Waals surface area contributed by atoms with Gasteiger partial charge in [0, 0.05) is 43.7 Å². The van der Waals surface area contributed by atoms with Crippen molar-refractivity contribution in [1.82, 2.24) is 10.2 Å². The van der Waals surface area contributed by atoms with E-state index in [0.717, 1.165) is 45.3 Å². The van der Waals surface area contributed by atoms with Gasteiger partial charge >= 0.3 is 0 Å². The Morgan fingerprint density at radius 1 is 1.37 bits per heavy atom. The van der Waals surface area contributed by atoms with Crippen LogP contribution in [0.2, 0.25) is 0 Å². The molecule has 0 bridgehead atoms. The first kappa shape index (κ1) is 22.0. The molecule has 1 saturated heterocycles. The molecule has 0 saturated carbocycles. The van der Waals surface area contributed by atoms with Crippen molar-refractivity contribution in [2.75, 3.05) is 32.0 Å². The molecule has 0 aromatic heterocycles. The van der Waals surface area contributed by atoms with E-state index >= 15 is 0 Å². The van der Waals surface area contributed by atoms with Gasteiger partial charge in [-0.1, -0.05) is 12.2 Å². The van der Waals surface area contributed by atoms with Crippen molar-refractivity contribution in [3.63, 3.8) is 0 Å². The van der Waals surface area contributed by atoms with E-state index in [9.17, 15) is 20.0 Å². The quantitative estimate of drug-likeness (QED) is 0.267. The van der Waals surface area contributed by atoms with Crippen LogP contribution in [0.3, 0.4) is 0 Å². The predicted octanol–water partition coefficient (Wildman–Crippen LogP) is 2.10. The predicted molar refractivity (Wildman–Crippen MR) is 113 cm³/mol. The summed E-state index contributed by atoms with van der Waals surface area (Å²) in [6.07, 6.45) is 7.24. The minimum Gasteiger partial charge on any atom is -0.493 e. The van der Waals surface area contributed by atoms with Crippen LogP contribution in [0.5, 0.6) is 5.75 Å². The molecule has 0 radical (unpaired) electrons. The summed E-state index contributed by atoms with van der Waals surface area (Å²) in [5.74, 6) is 0.00761. The highest BCUT2D eigenvalue weighted by Gasteiger charge is 2.27. The Bertz CT molecular complexity index is 805. The summed E-state index contributed by atoms with van der Waals surface area (Å²) in [5.41, 5.74) is 5.50. The Hall–Kier alpha value is -2.65. The molecule has 9 heteroatoms. The molecule has 1 aromatic rings. The number of amides is 1. The normalized spacial score (nSPS) is 22.6. The van der Waals surface area contributed by atoms with Crippen molar-refractivity contribution < 1.29 is 19.6 Å². The van der Waals surface area contributed by atoms with Crippen molar-refractivity contribution in [3.05, 3.63) is 40.0 Å². The molecule has 164 valence electrons. The number of rotatable bonds is 7. The number of piperidine rings is 1. The lowest BCUT2D eigenvalue weighted by molar-refractivity contribution is -0.383. The van der Waals surface area contributed by atoms with Crippen LogP contribution in [0.15, 0.2) is 24.3 Å². The summed E-state index contributed by atoms with van der Waals surface area (Å²) >= 11 is 0. The molecule has 2 unspecified atom stereocenters. The zero-order chi connectivity index (χ0) is 21.7. The number of nitro groups is 1. The van der Waals surface area contributed by atoms with Crippen molar-refractivity contribution in [2.24, 2.45) is 5.92 Å². The number of allylic oxidation sites excluding steroid dienone is 1. The maximum atomic E-state index is 12.8. The number of nitro benzene ring substituents is 1.